The van der Waals surface area contributed by atoms with Crippen LogP contribution in [0.5, 0.6) is 0 Å². The average molecular weight is 254 g/mol. The molecule has 0 spiro atoms. The summed E-state index contributed by atoms with van der Waals surface area (Å²) in [5.41, 5.74) is 0. The van der Waals surface area contributed by atoms with Crippen molar-refractivity contribution in [1.82, 2.24) is 10.2 Å². The molecule has 1 saturated carbocycles. The molecule has 0 aromatic heterocycles. The van der Waals surface area contributed by atoms with Crippen LogP contribution in [0.15, 0.2) is 0 Å². The number of amides is 2. The number of hydrogen-bond donors (Lipinski definition) is 2. The van der Waals surface area contributed by atoms with Crippen molar-refractivity contribution >= 4 is 6.03 Å². The number of rotatable bonds is 2. The summed E-state index contributed by atoms with van der Waals surface area (Å²) in [5.74, 6) is 0.259. The molecule has 2 unspecified atom stereocenters. The van der Waals surface area contributed by atoms with E-state index in [1.54, 1.807) is 0 Å². The highest BCUT2D eigenvalue weighted by Gasteiger charge is 2.27. The number of nitrogens with one attached hydrogen (secondary N) is 1. The molecular weight excluding hydrogens is 228 g/mol. The largest absolute Gasteiger partial charge is 0.396 e. The Morgan fingerprint density at radius 1 is 1.06 bits per heavy atom. The fourth-order valence-electron chi connectivity index (χ4n) is 3.14. The van der Waals surface area contributed by atoms with Crippen molar-refractivity contribution < 1.29 is 9.90 Å². The van der Waals surface area contributed by atoms with Crippen molar-refractivity contribution in [2.24, 2.45) is 5.92 Å². The molecule has 4 nitrogen and oxygen atoms in total. The van der Waals surface area contributed by atoms with E-state index >= 15 is 0 Å². The second-order valence-electron chi connectivity index (χ2n) is 5.68. The van der Waals surface area contributed by atoms with Crippen LogP contribution in [-0.2, 0) is 0 Å². The molecule has 0 bridgehead atoms. The predicted octanol–water partition coefficient (Wildman–Crippen LogP) is 2.12. The fourth-order valence-corrected chi connectivity index (χ4v) is 3.14. The lowest BCUT2D eigenvalue weighted by molar-refractivity contribution is 0.144. The van der Waals surface area contributed by atoms with Gasteiger partial charge in [-0.2, -0.15) is 0 Å². The van der Waals surface area contributed by atoms with Crippen molar-refractivity contribution in [3.8, 4) is 0 Å². The molecule has 0 aromatic carbocycles. The van der Waals surface area contributed by atoms with Gasteiger partial charge in [0.2, 0.25) is 0 Å². The molecule has 4 heteroatoms. The predicted molar refractivity (Wildman–Crippen MR) is 71.4 cm³/mol. The van der Waals surface area contributed by atoms with Gasteiger partial charge < -0.3 is 15.3 Å². The summed E-state index contributed by atoms with van der Waals surface area (Å²) in [4.78, 5) is 14.2. The number of nitrogens with zero attached hydrogens (tertiary/aromatic N) is 1. The van der Waals surface area contributed by atoms with Gasteiger partial charge in [-0.1, -0.05) is 25.7 Å². The summed E-state index contributed by atoms with van der Waals surface area (Å²) in [6, 6.07) is 0.266. The van der Waals surface area contributed by atoms with Gasteiger partial charge in [-0.15, -0.1) is 0 Å². The summed E-state index contributed by atoms with van der Waals surface area (Å²) in [6.45, 7) is 1.98. The molecule has 1 aliphatic carbocycles. The first kappa shape index (κ1) is 13.7. The van der Waals surface area contributed by atoms with Crippen LogP contribution in [0.1, 0.15) is 51.4 Å². The molecule has 1 heterocycles. The molecular formula is C14H26N2O2. The van der Waals surface area contributed by atoms with E-state index in [1.807, 2.05) is 4.90 Å². The average Bonchev–Trinajstić information content (AvgIpc) is 2.68. The quantitative estimate of drug-likeness (QED) is 0.793. The third-order valence-electron chi connectivity index (χ3n) is 4.35. The molecule has 2 amide bonds. The van der Waals surface area contributed by atoms with E-state index in [-0.39, 0.29) is 24.6 Å². The van der Waals surface area contributed by atoms with Crippen molar-refractivity contribution in [2.75, 3.05) is 19.7 Å². The van der Waals surface area contributed by atoms with Crippen molar-refractivity contribution in [2.45, 2.75) is 57.4 Å². The molecule has 1 saturated heterocycles. The lowest BCUT2D eigenvalue weighted by Crippen LogP contribution is -2.49. The van der Waals surface area contributed by atoms with E-state index in [1.165, 1.54) is 25.7 Å². The number of aliphatic hydroxyl groups is 1. The van der Waals surface area contributed by atoms with Crippen LogP contribution in [0.3, 0.4) is 0 Å². The first-order valence-corrected chi connectivity index (χ1v) is 7.47. The van der Waals surface area contributed by atoms with Crippen molar-refractivity contribution in [3.05, 3.63) is 0 Å². The Morgan fingerprint density at radius 3 is 2.39 bits per heavy atom. The zero-order chi connectivity index (χ0) is 12.8. The van der Waals surface area contributed by atoms with Crippen LogP contribution in [0.4, 0.5) is 4.79 Å². The second-order valence-corrected chi connectivity index (χ2v) is 5.68. The Kier molecular flexibility index (Phi) is 5.29. The lowest BCUT2D eigenvalue weighted by Gasteiger charge is -2.33. The highest BCUT2D eigenvalue weighted by atomic mass is 16.3. The van der Waals surface area contributed by atoms with Gasteiger partial charge in [0.15, 0.2) is 0 Å². The molecule has 2 fully saturated rings. The number of carbonyl (C=O) groups excluding carboxylic acids is 1. The summed E-state index contributed by atoms with van der Waals surface area (Å²) >= 11 is 0. The van der Waals surface area contributed by atoms with E-state index in [2.05, 4.69) is 5.32 Å². The third-order valence-corrected chi connectivity index (χ3v) is 4.35. The van der Waals surface area contributed by atoms with Gasteiger partial charge in [0.05, 0.1) is 0 Å². The molecule has 2 rings (SSSR count). The van der Waals surface area contributed by atoms with Gasteiger partial charge >= 0.3 is 6.03 Å². The van der Waals surface area contributed by atoms with Gasteiger partial charge in [-0.05, 0) is 25.7 Å². The Balaban J connectivity index is 1.84. The summed E-state index contributed by atoms with van der Waals surface area (Å²) < 4.78 is 0. The van der Waals surface area contributed by atoms with E-state index < -0.39 is 0 Å². The van der Waals surface area contributed by atoms with Gasteiger partial charge in [-0.3, -0.25) is 0 Å². The molecule has 18 heavy (non-hydrogen) atoms. The number of aliphatic hydroxyl groups excluding tert-OH is 1. The second kappa shape index (κ2) is 6.98. The van der Waals surface area contributed by atoms with E-state index in [0.717, 1.165) is 38.8 Å². The number of carbonyl (C=O) groups is 1. The number of urea groups is 1. The van der Waals surface area contributed by atoms with Crippen molar-refractivity contribution in [1.29, 1.82) is 0 Å². The Labute approximate surface area is 110 Å². The van der Waals surface area contributed by atoms with Gasteiger partial charge in [-0.25, -0.2) is 4.79 Å². The van der Waals surface area contributed by atoms with Crippen molar-refractivity contribution in [3.63, 3.8) is 0 Å². The first-order chi connectivity index (χ1) is 8.81. The zero-order valence-corrected chi connectivity index (χ0v) is 11.2. The molecule has 0 aromatic rings. The van der Waals surface area contributed by atoms with Crippen LogP contribution in [0, 0.1) is 5.92 Å². The standard InChI is InChI=1S/C14H26N2O2/c17-11-12-7-3-4-8-13(12)15-14(18)16-9-5-1-2-6-10-16/h12-13,17H,1-11H2,(H,15,18). The Hall–Kier alpha value is -0.770. The minimum absolute atomic E-state index is 0.0854. The van der Waals surface area contributed by atoms with Gasteiger partial charge in [0.25, 0.3) is 0 Å². The van der Waals surface area contributed by atoms with Crippen LogP contribution in [-0.4, -0.2) is 41.8 Å². The highest BCUT2D eigenvalue weighted by Crippen LogP contribution is 2.24. The van der Waals surface area contributed by atoms with E-state index in [4.69, 9.17) is 0 Å². The maximum Gasteiger partial charge on any atom is 0.317 e. The van der Waals surface area contributed by atoms with Crippen LogP contribution >= 0.6 is 0 Å². The number of likely N-dealkylation sites (tertiary alicyclic amines) is 1. The summed E-state index contributed by atoms with van der Waals surface area (Å²) in [7, 11) is 0. The minimum Gasteiger partial charge on any atom is -0.396 e. The highest BCUT2D eigenvalue weighted by molar-refractivity contribution is 5.74. The monoisotopic (exact) mass is 254 g/mol. The molecule has 2 N–H and O–H groups in total. The zero-order valence-electron chi connectivity index (χ0n) is 11.2. The first-order valence-electron chi connectivity index (χ1n) is 7.47. The maximum absolute atomic E-state index is 12.2. The van der Waals surface area contributed by atoms with E-state index in [0.29, 0.717) is 0 Å². The summed E-state index contributed by atoms with van der Waals surface area (Å²) in [6.07, 6.45) is 9.15. The molecule has 1 aliphatic heterocycles. The fraction of sp³-hybridized carbons (Fsp3) is 0.929. The normalized spacial score (nSPS) is 29.7. The Bertz CT molecular complexity index is 263. The summed E-state index contributed by atoms with van der Waals surface area (Å²) in [5, 5.41) is 12.5. The smallest absolute Gasteiger partial charge is 0.317 e. The van der Waals surface area contributed by atoms with Crippen LogP contribution in [0.25, 0.3) is 0 Å². The third kappa shape index (κ3) is 3.61. The van der Waals surface area contributed by atoms with Gasteiger partial charge in [0.1, 0.15) is 0 Å². The minimum atomic E-state index is 0.0854. The SMILES string of the molecule is O=C(NC1CCCCC1CO)N1CCCCCC1. The topological polar surface area (TPSA) is 52.6 Å². The Morgan fingerprint density at radius 2 is 1.72 bits per heavy atom. The maximum atomic E-state index is 12.2. The molecule has 0 radical (unpaired) electrons. The molecule has 104 valence electrons. The molecule has 2 atom stereocenters. The van der Waals surface area contributed by atoms with Gasteiger partial charge in [0, 0.05) is 31.7 Å². The van der Waals surface area contributed by atoms with Crippen LogP contribution < -0.4 is 5.32 Å². The van der Waals surface area contributed by atoms with Crippen LogP contribution in [0.2, 0.25) is 0 Å². The number of hydrogen-bond acceptors (Lipinski definition) is 2. The molecule has 2 aliphatic rings. The lowest BCUT2D eigenvalue weighted by atomic mass is 9.85. The van der Waals surface area contributed by atoms with E-state index in [9.17, 15) is 9.90 Å².